The zero-order valence-electron chi connectivity index (χ0n) is 9.80. The first-order valence-electron chi connectivity index (χ1n) is 5.78. The van der Waals surface area contributed by atoms with Gasteiger partial charge in [0.1, 0.15) is 19.5 Å². The van der Waals surface area contributed by atoms with E-state index in [4.69, 9.17) is 15.2 Å². The van der Waals surface area contributed by atoms with Crippen molar-refractivity contribution >= 4 is 0 Å². The maximum absolute atomic E-state index is 5.57. The zero-order chi connectivity index (χ0) is 12.4. The molecule has 0 saturated heterocycles. The molecule has 2 N–H and O–H groups in total. The molecule has 5 nitrogen and oxygen atoms in total. The fourth-order valence-electron chi connectivity index (χ4n) is 1.87. The van der Waals surface area contributed by atoms with Crippen molar-refractivity contribution in [2.45, 2.75) is 6.54 Å². The van der Waals surface area contributed by atoms with Crippen LogP contribution in [0.25, 0.3) is 11.3 Å². The van der Waals surface area contributed by atoms with Crippen LogP contribution in [0.5, 0.6) is 11.5 Å². The number of nitrogens with zero attached hydrogens (tertiary/aromatic N) is 2. The lowest BCUT2D eigenvalue weighted by molar-refractivity contribution is 0.171. The quantitative estimate of drug-likeness (QED) is 0.862. The number of rotatable bonds is 2. The molecule has 5 heteroatoms. The minimum absolute atomic E-state index is 0.403. The number of benzene rings is 1. The second-order valence-corrected chi connectivity index (χ2v) is 3.96. The Balaban J connectivity index is 2.00. The lowest BCUT2D eigenvalue weighted by Gasteiger charge is -2.18. The molecule has 92 valence electrons. The number of ether oxygens (including phenoxy) is 2. The van der Waals surface area contributed by atoms with Gasteiger partial charge < -0.3 is 15.2 Å². The highest BCUT2D eigenvalue weighted by atomic mass is 16.6. The third-order valence-corrected chi connectivity index (χ3v) is 2.77. The number of nitrogens with two attached hydrogens (primary N) is 1. The van der Waals surface area contributed by atoms with E-state index in [0.717, 1.165) is 28.5 Å². The lowest BCUT2D eigenvalue weighted by atomic mass is 10.1. The van der Waals surface area contributed by atoms with Crippen LogP contribution in [0, 0.1) is 0 Å². The normalized spacial score (nSPS) is 13.4. The summed E-state index contributed by atoms with van der Waals surface area (Å²) in [7, 11) is 0. The van der Waals surface area contributed by atoms with Crippen molar-refractivity contribution in [3.05, 3.63) is 36.3 Å². The summed E-state index contributed by atoms with van der Waals surface area (Å²) in [6.07, 6.45) is 1.52. The first-order valence-corrected chi connectivity index (χ1v) is 5.78. The molecule has 0 spiro atoms. The van der Waals surface area contributed by atoms with Gasteiger partial charge in [-0.1, -0.05) is 0 Å². The van der Waals surface area contributed by atoms with Crippen molar-refractivity contribution < 1.29 is 9.47 Å². The largest absolute Gasteiger partial charge is 0.486 e. The Bertz CT molecular complexity index is 572. The van der Waals surface area contributed by atoms with E-state index in [1.807, 2.05) is 24.3 Å². The molecule has 0 aliphatic carbocycles. The lowest BCUT2D eigenvalue weighted by Crippen LogP contribution is -2.15. The van der Waals surface area contributed by atoms with Crippen LogP contribution in [0.1, 0.15) is 5.69 Å². The average molecular weight is 243 g/mol. The summed E-state index contributed by atoms with van der Waals surface area (Å²) in [5, 5.41) is 0. The molecule has 0 bridgehead atoms. The summed E-state index contributed by atoms with van der Waals surface area (Å²) in [5.41, 5.74) is 8.19. The van der Waals surface area contributed by atoms with Crippen molar-refractivity contribution in [3.63, 3.8) is 0 Å². The molecule has 0 saturated carbocycles. The Morgan fingerprint density at radius 2 is 1.89 bits per heavy atom. The molecule has 0 amide bonds. The topological polar surface area (TPSA) is 70.3 Å². The molecule has 1 aliphatic heterocycles. The summed E-state index contributed by atoms with van der Waals surface area (Å²) in [6.45, 7) is 1.57. The average Bonchev–Trinajstić information content (AvgIpc) is 2.47. The van der Waals surface area contributed by atoms with Crippen LogP contribution in [-0.2, 0) is 6.54 Å². The highest BCUT2D eigenvalue weighted by molar-refractivity contribution is 5.64. The first kappa shape index (κ1) is 11.0. The van der Waals surface area contributed by atoms with Gasteiger partial charge in [0.05, 0.1) is 11.4 Å². The van der Waals surface area contributed by atoms with Crippen molar-refractivity contribution in [1.82, 2.24) is 9.97 Å². The minimum Gasteiger partial charge on any atom is -0.486 e. The summed E-state index contributed by atoms with van der Waals surface area (Å²) >= 11 is 0. The third-order valence-electron chi connectivity index (χ3n) is 2.77. The zero-order valence-corrected chi connectivity index (χ0v) is 9.80. The number of hydrogen-bond donors (Lipinski definition) is 1. The van der Waals surface area contributed by atoms with E-state index < -0.39 is 0 Å². The molecule has 1 aliphatic rings. The molecule has 0 atom stereocenters. The molecule has 18 heavy (non-hydrogen) atoms. The fourth-order valence-corrected chi connectivity index (χ4v) is 1.87. The van der Waals surface area contributed by atoms with E-state index in [2.05, 4.69) is 9.97 Å². The Labute approximate surface area is 105 Å². The van der Waals surface area contributed by atoms with Crippen LogP contribution in [0.15, 0.2) is 30.6 Å². The molecule has 0 radical (unpaired) electrons. The van der Waals surface area contributed by atoms with Crippen LogP contribution in [0.4, 0.5) is 0 Å². The predicted molar refractivity (Wildman–Crippen MR) is 66.3 cm³/mol. The van der Waals surface area contributed by atoms with Gasteiger partial charge >= 0.3 is 0 Å². The van der Waals surface area contributed by atoms with Crippen LogP contribution >= 0.6 is 0 Å². The second kappa shape index (κ2) is 4.62. The molecule has 0 unspecified atom stereocenters. The van der Waals surface area contributed by atoms with E-state index in [9.17, 15) is 0 Å². The maximum atomic E-state index is 5.57. The second-order valence-electron chi connectivity index (χ2n) is 3.96. The Morgan fingerprint density at radius 1 is 1.06 bits per heavy atom. The van der Waals surface area contributed by atoms with E-state index >= 15 is 0 Å². The van der Waals surface area contributed by atoms with Gasteiger partial charge in [0.15, 0.2) is 11.5 Å². The fraction of sp³-hybridized carbons (Fsp3) is 0.231. The first-order chi connectivity index (χ1) is 8.86. The maximum Gasteiger partial charge on any atom is 0.162 e. The molecule has 2 aromatic rings. The summed E-state index contributed by atoms with van der Waals surface area (Å²) in [5.74, 6) is 1.53. The molecular weight excluding hydrogens is 230 g/mol. The Kier molecular flexibility index (Phi) is 2.82. The van der Waals surface area contributed by atoms with Gasteiger partial charge in [-0.25, -0.2) is 9.97 Å². The van der Waals surface area contributed by atoms with Crippen molar-refractivity contribution in [3.8, 4) is 22.8 Å². The number of hydrogen-bond acceptors (Lipinski definition) is 5. The highest BCUT2D eigenvalue weighted by Gasteiger charge is 2.12. The standard InChI is InChI=1S/C13H13N3O2/c14-7-10-6-11(16-8-15-10)9-1-2-12-13(5-9)18-4-3-17-12/h1-2,5-6,8H,3-4,7,14H2. The van der Waals surface area contributed by atoms with Crippen molar-refractivity contribution in [1.29, 1.82) is 0 Å². The SMILES string of the molecule is NCc1cc(-c2ccc3c(c2)OCCO3)ncn1. The number of aromatic nitrogens is 2. The van der Waals surface area contributed by atoms with Crippen LogP contribution in [0.3, 0.4) is 0 Å². The van der Waals surface area contributed by atoms with Gasteiger partial charge in [-0.2, -0.15) is 0 Å². The van der Waals surface area contributed by atoms with Gasteiger partial charge in [-0.15, -0.1) is 0 Å². The van der Waals surface area contributed by atoms with Crippen LogP contribution in [0.2, 0.25) is 0 Å². The van der Waals surface area contributed by atoms with E-state index in [0.29, 0.717) is 19.8 Å². The molecule has 2 heterocycles. The Hall–Kier alpha value is -2.14. The molecule has 1 aromatic carbocycles. The number of fused-ring (bicyclic) bond motifs is 1. The summed E-state index contributed by atoms with van der Waals surface area (Å²) in [6, 6.07) is 7.66. The smallest absolute Gasteiger partial charge is 0.162 e. The van der Waals surface area contributed by atoms with E-state index in [1.54, 1.807) is 0 Å². The van der Waals surface area contributed by atoms with Gasteiger partial charge in [0.2, 0.25) is 0 Å². The third kappa shape index (κ3) is 2.00. The minimum atomic E-state index is 0.403. The predicted octanol–water partition coefficient (Wildman–Crippen LogP) is 1.37. The summed E-state index contributed by atoms with van der Waals surface area (Å²) < 4.78 is 11.0. The molecule has 0 fully saturated rings. The van der Waals surface area contributed by atoms with Crippen molar-refractivity contribution in [2.75, 3.05) is 13.2 Å². The summed E-state index contributed by atoms with van der Waals surface area (Å²) in [4.78, 5) is 8.32. The van der Waals surface area contributed by atoms with Crippen LogP contribution < -0.4 is 15.2 Å². The van der Waals surface area contributed by atoms with Gasteiger partial charge in [-0.05, 0) is 24.3 Å². The van der Waals surface area contributed by atoms with E-state index in [1.165, 1.54) is 6.33 Å². The molecule has 3 rings (SSSR count). The van der Waals surface area contributed by atoms with Gasteiger partial charge in [-0.3, -0.25) is 0 Å². The monoisotopic (exact) mass is 243 g/mol. The van der Waals surface area contributed by atoms with Gasteiger partial charge in [0, 0.05) is 12.1 Å². The van der Waals surface area contributed by atoms with Crippen molar-refractivity contribution in [2.24, 2.45) is 5.73 Å². The van der Waals surface area contributed by atoms with Gasteiger partial charge in [0.25, 0.3) is 0 Å². The molecular formula is C13H13N3O2. The molecule has 1 aromatic heterocycles. The van der Waals surface area contributed by atoms with Crippen LogP contribution in [-0.4, -0.2) is 23.2 Å². The van der Waals surface area contributed by atoms with E-state index in [-0.39, 0.29) is 0 Å². The Morgan fingerprint density at radius 3 is 2.72 bits per heavy atom. The highest BCUT2D eigenvalue weighted by Crippen LogP contribution is 2.33.